The average Bonchev–Trinajstić information content (AvgIpc) is 3.27. The fraction of sp³-hybridized carbons (Fsp3) is 0.417. The largest absolute Gasteiger partial charge is 0.378 e. The molecule has 0 spiro atoms. The van der Waals surface area contributed by atoms with E-state index < -0.39 is 0 Å². The molecule has 3 heterocycles. The van der Waals surface area contributed by atoms with Crippen molar-refractivity contribution in [3.05, 3.63) is 59.0 Å². The highest BCUT2D eigenvalue weighted by Crippen LogP contribution is 2.32. The van der Waals surface area contributed by atoms with Gasteiger partial charge in [-0.05, 0) is 30.5 Å². The summed E-state index contributed by atoms with van der Waals surface area (Å²) < 4.78 is 7.08. The maximum Gasteiger partial charge on any atom is 0.257 e. The van der Waals surface area contributed by atoms with Crippen LogP contribution in [0.15, 0.2) is 36.7 Å². The number of nitrogens with zero attached hydrogens (tertiary/aromatic N) is 6. The molecule has 2 aromatic heterocycles. The van der Waals surface area contributed by atoms with Crippen molar-refractivity contribution in [3.8, 4) is 17.2 Å². The van der Waals surface area contributed by atoms with Gasteiger partial charge < -0.3 is 14.5 Å². The summed E-state index contributed by atoms with van der Waals surface area (Å²) in [6.07, 6.45) is 5.42. The van der Waals surface area contributed by atoms with E-state index in [9.17, 15) is 4.79 Å². The third kappa shape index (κ3) is 3.69. The van der Waals surface area contributed by atoms with Gasteiger partial charge >= 0.3 is 0 Å². The van der Waals surface area contributed by atoms with Gasteiger partial charge in [0.15, 0.2) is 0 Å². The van der Waals surface area contributed by atoms with Crippen LogP contribution in [0.1, 0.15) is 34.1 Å². The van der Waals surface area contributed by atoms with Crippen LogP contribution in [0, 0.1) is 0 Å². The first kappa shape index (κ1) is 20.8. The van der Waals surface area contributed by atoms with Gasteiger partial charge in [-0.1, -0.05) is 31.2 Å². The van der Waals surface area contributed by atoms with Gasteiger partial charge in [-0.15, -0.1) is 0 Å². The van der Waals surface area contributed by atoms with Crippen LogP contribution in [0.25, 0.3) is 17.2 Å². The van der Waals surface area contributed by atoms with E-state index in [1.165, 1.54) is 5.56 Å². The molecule has 32 heavy (non-hydrogen) atoms. The van der Waals surface area contributed by atoms with Crippen molar-refractivity contribution in [3.63, 3.8) is 0 Å². The Labute approximate surface area is 187 Å². The number of carbonyl (C=O) groups excluding carboxylic acids is 1. The molecule has 3 aromatic rings. The second-order valence-electron chi connectivity index (χ2n) is 8.28. The number of ether oxygens (including phenoxy) is 1. The number of fused-ring (bicyclic) bond motifs is 3. The van der Waals surface area contributed by atoms with Crippen LogP contribution in [-0.2, 0) is 24.2 Å². The lowest BCUT2D eigenvalue weighted by Crippen LogP contribution is -2.48. The van der Waals surface area contributed by atoms with Crippen LogP contribution in [0.4, 0.5) is 0 Å². The van der Waals surface area contributed by atoms with Gasteiger partial charge in [0.05, 0.1) is 29.8 Å². The second-order valence-corrected chi connectivity index (χ2v) is 8.28. The van der Waals surface area contributed by atoms with E-state index in [1.54, 1.807) is 18.0 Å². The minimum absolute atomic E-state index is 0.0117. The third-order valence-corrected chi connectivity index (χ3v) is 6.46. The lowest BCUT2D eigenvalue weighted by molar-refractivity contribution is 0.0638. The Morgan fingerprint density at radius 3 is 2.62 bits per heavy atom. The summed E-state index contributed by atoms with van der Waals surface area (Å²) in [5, 5.41) is 4.51. The number of hydrogen-bond donors (Lipinski definition) is 0. The van der Waals surface area contributed by atoms with Crippen molar-refractivity contribution >= 4 is 5.91 Å². The molecule has 5 rings (SSSR count). The summed E-state index contributed by atoms with van der Waals surface area (Å²) >= 11 is 0. The minimum atomic E-state index is -0.0117. The zero-order chi connectivity index (χ0) is 22.1. The Bertz CT molecular complexity index is 1130. The van der Waals surface area contributed by atoms with Crippen molar-refractivity contribution in [1.29, 1.82) is 0 Å². The SMILES string of the molecule is CCN1CCN(C(=O)c2cnn(-c3ncc4c(n3)-c3ccccc3CC4)c2COC)CC1. The molecule has 1 amide bonds. The predicted molar refractivity (Wildman–Crippen MR) is 121 cm³/mol. The quantitative estimate of drug-likeness (QED) is 0.616. The van der Waals surface area contributed by atoms with E-state index in [-0.39, 0.29) is 12.5 Å². The number of carbonyl (C=O) groups is 1. The lowest BCUT2D eigenvalue weighted by atomic mass is 9.90. The maximum atomic E-state index is 13.3. The molecule has 1 aromatic carbocycles. The number of amides is 1. The van der Waals surface area contributed by atoms with Gasteiger partial charge in [0.1, 0.15) is 0 Å². The average molecular weight is 433 g/mol. The highest BCUT2D eigenvalue weighted by Gasteiger charge is 2.27. The molecule has 0 unspecified atom stereocenters. The first-order valence-corrected chi connectivity index (χ1v) is 11.2. The van der Waals surface area contributed by atoms with Crippen molar-refractivity contribution in [1.82, 2.24) is 29.5 Å². The fourth-order valence-corrected chi connectivity index (χ4v) is 4.59. The Hall–Kier alpha value is -3.10. The molecule has 0 atom stereocenters. The first-order valence-electron chi connectivity index (χ1n) is 11.2. The van der Waals surface area contributed by atoms with Gasteiger partial charge in [-0.3, -0.25) is 4.79 Å². The van der Waals surface area contributed by atoms with Gasteiger partial charge in [-0.25, -0.2) is 9.97 Å². The zero-order valence-corrected chi connectivity index (χ0v) is 18.6. The summed E-state index contributed by atoms with van der Waals surface area (Å²) in [6.45, 7) is 6.63. The Kier molecular flexibility index (Phi) is 5.71. The molecule has 0 N–H and O–H groups in total. The zero-order valence-electron chi connectivity index (χ0n) is 18.6. The number of aromatic nitrogens is 4. The number of methoxy groups -OCH3 is 1. The van der Waals surface area contributed by atoms with Crippen LogP contribution in [0.5, 0.6) is 0 Å². The molecule has 2 aliphatic rings. The highest BCUT2D eigenvalue weighted by atomic mass is 16.5. The Morgan fingerprint density at radius 1 is 1.06 bits per heavy atom. The van der Waals surface area contributed by atoms with Crippen LogP contribution >= 0.6 is 0 Å². The molecular weight excluding hydrogens is 404 g/mol. The van der Waals surface area contributed by atoms with Gasteiger partial charge in [0.25, 0.3) is 11.9 Å². The topological polar surface area (TPSA) is 76.4 Å². The van der Waals surface area contributed by atoms with Gasteiger partial charge in [0.2, 0.25) is 0 Å². The molecule has 1 aliphatic heterocycles. The number of aryl methyl sites for hydroxylation is 2. The molecule has 0 radical (unpaired) electrons. The van der Waals surface area contributed by atoms with E-state index in [2.05, 4.69) is 40.1 Å². The molecular formula is C24H28N6O2. The molecule has 0 bridgehead atoms. The molecule has 8 heteroatoms. The smallest absolute Gasteiger partial charge is 0.257 e. The van der Waals surface area contributed by atoms with Crippen LogP contribution in [0.2, 0.25) is 0 Å². The van der Waals surface area contributed by atoms with Crippen LogP contribution in [-0.4, -0.2) is 75.3 Å². The van der Waals surface area contributed by atoms with Crippen molar-refractivity contribution in [2.45, 2.75) is 26.4 Å². The summed E-state index contributed by atoms with van der Waals surface area (Å²) in [5.41, 5.74) is 5.75. The molecule has 166 valence electrons. The first-order chi connectivity index (χ1) is 15.7. The number of likely N-dealkylation sites (N-methyl/N-ethyl adjacent to an activating group) is 1. The summed E-state index contributed by atoms with van der Waals surface area (Å²) in [7, 11) is 1.62. The predicted octanol–water partition coefficient (Wildman–Crippen LogP) is 2.35. The van der Waals surface area contributed by atoms with E-state index in [1.807, 2.05) is 17.2 Å². The number of piperazine rings is 1. The molecule has 0 saturated carbocycles. The van der Waals surface area contributed by atoms with Crippen LogP contribution in [0.3, 0.4) is 0 Å². The van der Waals surface area contributed by atoms with E-state index in [0.717, 1.165) is 62.4 Å². The van der Waals surface area contributed by atoms with E-state index in [4.69, 9.17) is 9.72 Å². The molecule has 1 aliphatic carbocycles. The normalized spacial score (nSPS) is 16.0. The second kappa shape index (κ2) is 8.80. The number of hydrogen-bond acceptors (Lipinski definition) is 6. The van der Waals surface area contributed by atoms with Gasteiger partial charge in [0, 0.05) is 45.0 Å². The maximum absolute atomic E-state index is 13.3. The van der Waals surface area contributed by atoms with Crippen LogP contribution < -0.4 is 0 Å². The molecule has 1 saturated heterocycles. The van der Waals surface area contributed by atoms with E-state index in [0.29, 0.717) is 17.2 Å². The third-order valence-electron chi connectivity index (χ3n) is 6.46. The fourth-order valence-electron chi connectivity index (χ4n) is 4.59. The van der Waals surface area contributed by atoms with E-state index >= 15 is 0 Å². The molecule has 8 nitrogen and oxygen atoms in total. The lowest BCUT2D eigenvalue weighted by Gasteiger charge is -2.34. The van der Waals surface area contributed by atoms with Crippen molar-refractivity contribution < 1.29 is 9.53 Å². The summed E-state index contributed by atoms with van der Waals surface area (Å²) in [5.74, 6) is 0.449. The summed E-state index contributed by atoms with van der Waals surface area (Å²) in [4.78, 5) is 27.0. The number of rotatable bonds is 5. The highest BCUT2D eigenvalue weighted by molar-refractivity contribution is 5.95. The minimum Gasteiger partial charge on any atom is -0.378 e. The Morgan fingerprint density at radius 2 is 1.84 bits per heavy atom. The number of benzene rings is 1. The monoisotopic (exact) mass is 432 g/mol. The standard InChI is InChI=1S/C24H28N6O2/c1-3-28-10-12-29(13-11-28)23(31)20-15-26-30(21(20)16-32-2)24-25-14-18-9-8-17-6-4-5-7-19(17)22(18)27-24/h4-7,14-15H,3,8-13,16H2,1-2H3. The van der Waals surface area contributed by atoms with Gasteiger partial charge in [-0.2, -0.15) is 9.78 Å². The summed E-state index contributed by atoms with van der Waals surface area (Å²) in [6, 6.07) is 8.36. The molecule has 1 fully saturated rings. The van der Waals surface area contributed by atoms with Crippen molar-refractivity contribution in [2.24, 2.45) is 0 Å². The van der Waals surface area contributed by atoms with Crippen molar-refractivity contribution in [2.75, 3.05) is 39.8 Å². The Balaban J connectivity index is 1.49.